The maximum atomic E-state index is 10.7. The second-order valence-electron chi connectivity index (χ2n) is 4.16. The van der Waals surface area contributed by atoms with Gasteiger partial charge >= 0.3 is 0 Å². The zero-order chi connectivity index (χ0) is 12.0. The first-order valence-electron chi connectivity index (χ1n) is 5.75. The van der Waals surface area contributed by atoms with Crippen molar-refractivity contribution < 1.29 is 4.79 Å². The molecule has 3 heteroatoms. The van der Waals surface area contributed by atoms with E-state index in [9.17, 15) is 4.79 Å². The van der Waals surface area contributed by atoms with Gasteiger partial charge in [-0.1, -0.05) is 25.5 Å². The molecule has 0 radical (unpaired) electrons. The molecule has 1 rings (SSSR count). The third-order valence-electron chi connectivity index (χ3n) is 2.41. The van der Waals surface area contributed by atoms with Crippen molar-refractivity contribution in [2.75, 3.05) is 5.32 Å². The molecule has 0 aliphatic rings. The maximum Gasteiger partial charge on any atom is 0.219 e. The van der Waals surface area contributed by atoms with Gasteiger partial charge in [-0.3, -0.25) is 4.79 Å². The summed E-state index contributed by atoms with van der Waals surface area (Å²) in [5.41, 5.74) is 7.51. The van der Waals surface area contributed by atoms with Gasteiger partial charge in [0, 0.05) is 18.2 Å². The number of hydrogen-bond donors (Lipinski definition) is 2. The van der Waals surface area contributed by atoms with Crippen molar-refractivity contribution in [3.8, 4) is 0 Å². The van der Waals surface area contributed by atoms with Crippen molar-refractivity contribution >= 4 is 11.6 Å². The molecule has 0 spiro atoms. The van der Waals surface area contributed by atoms with Crippen LogP contribution in [-0.4, -0.2) is 11.9 Å². The number of nitrogens with one attached hydrogen (secondary N) is 1. The minimum absolute atomic E-state index is 0.0783. The van der Waals surface area contributed by atoms with E-state index in [1.165, 1.54) is 5.56 Å². The normalized spacial score (nSPS) is 12.1. The van der Waals surface area contributed by atoms with Gasteiger partial charge in [0.1, 0.15) is 0 Å². The molecule has 1 amide bonds. The summed E-state index contributed by atoms with van der Waals surface area (Å²) in [5, 5.41) is 3.24. The highest BCUT2D eigenvalue weighted by Crippen LogP contribution is 2.12. The largest absolute Gasteiger partial charge is 0.382 e. The number of benzene rings is 1. The van der Waals surface area contributed by atoms with E-state index in [1.54, 1.807) is 0 Å². The molecule has 1 atom stereocenters. The van der Waals surface area contributed by atoms with Crippen molar-refractivity contribution in [3.05, 3.63) is 29.8 Å². The molecule has 0 bridgehead atoms. The van der Waals surface area contributed by atoms with Crippen LogP contribution in [0, 0.1) is 0 Å². The molecular weight excluding hydrogens is 200 g/mol. The van der Waals surface area contributed by atoms with Crippen LogP contribution in [0.3, 0.4) is 0 Å². The number of nitrogens with two attached hydrogens (primary N) is 1. The highest BCUT2D eigenvalue weighted by atomic mass is 16.1. The van der Waals surface area contributed by atoms with Gasteiger partial charge in [-0.15, -0.1) is 0 Å². The Hall–Kier alpha value is -1.51. The van der Waals surface area contributed by atoms with Crippen LogP contribution >= 0.6 is 0 Å². The molecule has 0 heterocycles. The van der Waals surface area contributed by atoms with Gasteiger partial charge in [-0.05, 0) is 31.0 Å². The Balaban J connectivity index is 2.51. The molecule has 1 aromatic rings. The highest BCUT2D eigenvalue weighted by molar-refractivity contribution is 5.74. The van der Waals surface area contributed by atoms with Crippen molar-refractivity contribution in [3.63, 3.8) is 0 Å². The van der Waals surface area contributed by atoms with Crippen LogP contribution in [-0.2, 0) is 11.2 Å². The Morgan fingerprint density at radius 3 is 2.50 bits per heavy atom. The minimum Gasteiger partial charge on any atom is -0.382 e. The van der Waals surface area contributed by atoms with Crippen molar-refractivity contribution in [2.24, 2.45) is 5.73 Å². The fraction of sp³-hybridized carbons (Fsp3) is 0.462. The fourth-order valence-electron chi connectivity index (χ4n) is 1.69. The number of amides is 1. The summed E-state index contributed by atoms with van der Waals surface area (Å²) in [6.07, 6.45) is 2.62. The lowest BCUT2D eigenvalue weighted by molar-refractivity contribution is -0.118. The van der Waals surface area contributed by atoms with Gasteiger partial charge in [0.2, 0.25) is 5.91 Å². The predicted molar refractivity (Wildman–Crippen MR) is 67.3 cm³/mol. The molecule has 1 aromatic carbocycles. The highest BCUT2D eigenvalue weighted by Gasteiger charge is 2.05. The molecule has 0 saturated carbocycles. The number of rotatable bonds is 6. The van der Waals surface area contributed by atoms with Crippen LogP contribution in [0.25, 0.3) is 0 Å². The van der Waals surface area contributed by atoms with E-state index in [-0.39, 0.29) is 11.9 Å². The van der Waals surface area contributed by atoms with Gasteiger partial charge in [0.15, 0.2) is 0 Å². The standard InChI is InChI=1S/C13H20N2O/c1-3-4-11-5-7-12(8-6-11)15-10(2)9-13(14)16/h5-8,10,15H,3-4,9H2,1-2H3,(H2,14,16). The average molecular weight is 220 g/mol. The van der Waals surface area contributed by atoms with E-state index in [0.717, 1.165) is 18.5 Å². The van der Waals surface area contributed by atoms with Crippen LogP contribution in [0.1, 0.15) is 32.3 Å². The lowest BCUT2D eigenvalue weighted by Crippen LogP contribution is -2.23. The van der Waals surface area contributed by atoms with Crippen LogP contribution in [0.15, 0.2) is 24.3 Å². The number of anilines is 1. The first kappa shape index (κ1) is 12.6. The summed E-state index contributed by atoms with van der Waals surface area (Å²) in [5.74, 6) is -0.275. The second kappa shape index (κ2) is 6.16. The molecule has 3 nitrogen and oxygen atoms in total. The first-order chi connectivity index (χ1) is 7.61. The minimum atomic E-state index is -0.275. The summed E-state index contributed by atoms with van der Waals surface area (Å²) in [4.78, 5) is 10.7. The smallest absolute Gasteiger partial charge is 0.219 e. The van der Waals surface area contributed by atoms with Crippen molar-refractivity contribution in [2.45, 2.75) is 39.2 Å². The van der Waals surface area contributed by atoms with Crippen LogP contribution in [0.5, 0.6) is 0 Å². The average Bonchev–Trinajstić information content (AvgIpc) is 2.20. The Morgan fingerprint density at radius 1 is 1.38 bits per heavy atom. The third kappa shape index (κ3) is 4.34. The molecule has 1 unspecified atom stereocenters. The zero-order valence-corrected chi connectivity index (χ0v) is 9.99. The summed E-state index contributed by atoms with van der Waals surface area (Å²) in [7, 11) is 0. The number of carbonyl (C=O) groups excluding carboxylic acids is 1. The SMILES string of the molecule is CCCc1ccc(NC(C)CC(N)=O)cc1. The topological polar surface area (TPSA) is 55.1 Å². The van der Waals surface area contributed by atoms with Crippen LogP contribution in [0.2, 0.25) is 0 Å². The number of primary amides is 1. The Kier molecular flexibility index (Phi) is 4.83. The number of hydrogen-bond acceptors (Lipinski definition) is 2. The Labute approximate surface area is 97.0 Å². The molecule has 0 aromatic heterocycles. The lowest BCUT2D eigenvalue weighted by atomic mass is 10.1. The van der Waals surface area contributed by atoms with Gasteiger partial charge in [-0.2, -0.15) is 0 Å². The summed E-state index contributed by atoms with van der Waals surface area (Å²) >= 11 is 0. The van der Waals surface area contributed by atoms with E-state index in [2.05, 4.69) is 24.4 Å². The van der Waals surface area contributed by atoms with E-state index >= 15 is 0 Å². The van der Waals surface area contributed by atoms with Crippen molar-refractivity contribution in [1.29, 1.82) is 0 Å². The second-order valence-corrected chi connectivity index (χ2v) is 4.16. The molecule has 16 heavy (non-hydrogen) atoms. The monoisotopic (exact) mass is 220 g/mol. The van der Waals surface area contributed by atoms with E-state index < -0.39 is 0 Å². The molecule has 88 valence electrons. The number of aryl methyl sites for hydroxylation is 1. The zero-order valence-electron chi connectivity index (χ0n) is 9.99. The molecule has 0 aliphatic heterocycles. The van der Waals surface area contributed by atoms with Gasteiger partial charge < -0.3 is 11.1 Å². The molecule has 0 aliphatic carbocycles. The van der Waals surface area contributed by atoms with E-state index in [4.69, 9.17) is 5.73 Å². The van der Waals surface area contributed by atoms with Gasteiger partial charge in [0.25, 0.3) is 0 Å². The molecule has 3 N–H and O–H groups in total. The predicted octanol–water partition coefficient (Wildman–Crippen LogP) is 2.31. The van der Waals surface area contributed by atoms with Crippen LogP contribution < -0.4 is 11.1 Å². The van der Waals surface area contributed by atoms with E-state index in [1.807, 2.05) is 19.1 Å². The quantitative estimate of drug-likeness (QED) is 0.773. The lowest BCUT2D eigenvalue weighted by Gasteiger charge is -2.13. The summed E-state index contributed by atoms with van der Waals surface area (Å²) in [6, 6.07) is 8.39. The third-order valence-corrected chi connectivity index (χ3v) is 2.41. The van der Waals surface area contributed by atoms with E-state index in [0.29, 0.717) is 6.42 Å². The molecule has 0 saturated heterocycles. The van der Waals surface area contributed by atoms with Crippen molar-refractivity contribution in [1.82, 2.24) is 0 Å². The fourth-order valence-corrected chi connectivity index (χ4v) is 1.69. The van der Waals surface area contributed by atoms with Gasteiger partial charge in [-0.25, -0.2) is 0 Å². The maximum absolute atomic E-state index is 10.7. The molecular formula is C13H20N2O. The number of carbonyl (C=O) groups is 1. The summed E-state index contributed by atoms with van der Waals surface area (Å²) < 4.78 is 0. The first-order valence-corrected chi connectivity index (χ1v) is 5.75. The Morgan fingerprint density at radius 2 is 2.00 bits per heavy atom. The Bertz CT molecular complexity index is 332. The summed E-state index contributed by atoms with van der Waals surface area (Å²) in [6.45, 7) is 4.12. The molecule has 0 fully saturated rings. The van der Waals surface area contributed by atoms with Gasteiger partial charge in [0.05, 0.1) is 0 Å². The van der Waals surface area contributed by atoms with Crippen LogP contribution in [0.4, 0.5) is 5.69 Å².